The van der Waals surface area contributed by atoms with Crippen LogP contribution in [0, 0.1) is 0 Å². The largest absolute Gasteiger partial charge is 0.491 e. The van der Waals surface area contributed by atoms with Crippen LogP contribution < -0.4 is 10.1 Å². The molecule has 3 aromatic rings. The van der Waals surface area contributed by atoms with Crippen molar-refractivity contribution < 1.29 is 4.74 Å². The van der Waals surface area contributed by atoms with Gasteiger partial charge in [-0.3, -0.25) is 4.68 Å². The number of hydrogen-bond acceptors (Lipinski definition) is 4. The van der Waals surface area contributed by atoms with Gasteiger partial charge in [0.25, 0.3) is 0 Å². The quantitative estimate of drug-likeness (QED) is 0.781. The van der Waals surface area contributed by atoms with Crippen LogP contribution in [0.25, 0.3) is 11.5 Å². The lowest BCUT2D eigenvalue weighted by molar-refractivity contribution is 0.225. The molecule has 2 aromatic heterocycles. The number of aryl methyl sites for hydroxylation is 1. The lowest BCUT2D eigenvalue weighted by atomic mass is 10.0. The van der Waals surface area contributed by atoms with E-state index in [-0.39, 0.29) is 6.04 Å². The molecule has 1 atom stereocenters. The fraction of sp³-hybridized carbons (Fsp3) is 0.368. The summed E-state index contributed by atoms with van der Waals surface area (Å²) < 4.78 is 10.3. The van der Waals surface area contributed by atoms with Crippen molar-refractivity contribution in [3.63, 3.8) is 0 Å². The highest BCUT2D eigenvalue weighted by molar-refractivity contribution is 5.51. The van der Waals surface area contributed by atoms with Gasteiger partial charge in [0.1, 0.15) is 18.1 Å². The maximum Gasteiger partial charge on any atom is 0.160 e. The molecular formula is C19H21N5O. The number of aromatic nitrogens is 4. The first kappa shape index (κ1) is 14.7. The topological polar surface area (TPSA) is 56.9 Å². The standard InChI is InChI=1S/C19H21N5O/c1-2-5-18-14(4-1)10-16(13-25-18)23-9-7-21-19(23)17-11-15-12-20-6-3-8-24(15)22-17/h1-2,4-5,7,9,11,16,20H,3,6,8,10,12-13H2/t16-/m0/s1. The average molecular weight is 335 g/mol. The molecule has 0 amide bonds. The minimum absolute atomic E-state index is 0.243. The van der Waals surface area contributed by atoms with E-state index < -0.39 is 0 Å². The first-order valence-electron chi connectivity index (χ1n) is 8.90. The highest BCUT2D eigenvalue weighted by Crippen LogP contribution is 2.31. The molecule has 128 valence electrons. The Morgan fingerprint density at radius 3 is 3.20 bits per heavy atom. The second-order valence-electron chi connectivity index (χ2n) is 6.71. The Kier molecular flexibility index (Phi) is 3.56. The van der Waals surface area contributed by atoms with Gasteiger partial charge in [0, 0.05) is 31.9 Å². The zero-order chi connectivity index (χ0) is 16.6. The SMILES string of the molecule is c1ccc2c(c1)C[C@H](n1ccnc1-c1cc3n(n1)CCCNC3)CO2. The van der Waals surface area contributed by atoms with E-state index in [0.29, 0.717) is 6.61 Å². The van der Waals surface area contributed by atoms with Gasteiger partial charge in [-0.05, 0) is 30.7 Å². The first-order chi connectivity index (χ1) is 12.4. The molecule has 0 bridgehead atoms. The summed E-state index contributed by atoms with van der Waals surface area (Å²) in [5, 5.41) is 8.25. The number of imidazole rings is 1. The Balaban J connectivity index is 1.47. The molecule has 2 aliphatic rings. The minimum Gasteiger partial charge on any atom is -0.491 e. The predicted molar refractivity (Wildman–Crippen MR) is 94.4 cm³/mol. The molecule has 1 aromatic carbocycles. The van der Waals surface area contributed by atoms with Crippen LogP contribution in [-0.4, -0.2) is 32.5 Å². The van der Waals surface area contributed by atoms with Crippen LogP contribution in [0.2, 0.25) is 0 Å². The predicted octanol–water partition coefficient (Wildman–Crippen LogP) is 2.42. The molecule has 0 aliphatic carbocycles. The van der Waals surface area contributed by atoms with E-state index in [1.807, 2.05) is 24.5 Å². The second kappa shape index (κ2) is 6.04. The van der Waals surface area contributed by atoms with Gasteiger partial charge in [-0.15, -0.1) is 0 Å². The highest BCUT2D eigenvalue weighted by Gasteiger charge is 2.24. The lowest BCUT2D eigenvalue weighted by Crippen LogP contribution is -2.24. The molecule has 6 heteroatoms. The number of benzene rings is 1. The van der Waals surface area contributed by atoms with E-state index in [4.69, 9.17) is 9.84 Å². The summed E-state index contributed by atoms with van der Waals surface area (Å²) in [4.78, 5) is 4.60. The van der Waals surface area contributed by atoms with Crippen LogP contribution in [0.4, 0.5) is 0 Å². The molecule has 25 heavy (non-hydrogen) atoms. The molecule has 4 heterocycles. The molecule has 0 saturated heterocycles. The van der Waals surface area contributed by atoms with E-state index in [2.05, 4.69) is 37.7 Å². The van der Waals surface area contributed by atoms with Gasteiger partial charge in [-0.1, -0.05) is 18.2 Å². The number of rotatable bonds is 2. The number of ether oxygens (including phenoxy) is 1. The Morgan fingerprint density at radius 1 is 1.24 bits per heavy atom. The molecule has 6 nitrogen and oxygen atoms in total. The molecule has 5 rings (SSSR count). The monoisotopic (exact) mass is 335 g/mol. The van der Waals surface area contributed by atoms with Gasteiger partial charge in [0.05, 0.1) is 11.7 Å². The minimum atomic E-state index is 0.243. The Hall–Kier alpha value is -2.60. The normalized spacial score (nSPS) is 19.6. The third-order valence-corrected chi connectivity index (χ3v) is 5.04. The third kappa shape index (κ3) is 2.62. The summed E-state index contributed by atoms with van der Waals surface area (Å²) >= 11 is 0. The van der Waals surface area contributed by atoms with E-state index in [0.717, 1.165) is 49.7 Å². The Morgan fingerprint density at radius 2 is 2.20 bits per heavy atom. The van der Waals surface area contributed by atoms with Gasteiger partial charge >= 0.3 is 0 Å². The molecule has 0 fully saturated rings. The summed E-state index contributed by atoms with van der Waals surface area (Å²) in [7, 11) is 0. The molecule has 0 saturated carbocycles. The van der Waals surface area contributed by atoms with Crippen LogP contribution in [-0.2, 0) is 19.5 Å². The second-order valence-corrected chi connectivity index (χ2v) is 6.71. The van der Waals surface area contributed by atoms with Crippen molar-refractivity contribution in [2.75, 3.05) is 13.2 Å². The van der Waals surface area contributed by atoms with Crippen molar-refractivity contribution in [3.8, 4) is 17.3 Å². The van der Waals surface area contributed by atoms with E-state index >= 15 is 0 Å². The Labute approximate surface area is 146 Å². The zero-order valence-electron chi connectivity index (χ0n) is 14.1. The van der Waals surface area contributed by atoms with Gasteiger partial charge in [-0.25, -0.2) is 4.98 Å². The van der Waals surface area contributed by atoms with Crippen molar-refractivity contribution in [1.29, 1.82) is 0 Å². The van der Waals surface area contributed by atoms with Gasteiger partial charge in [0.15, 0.2) is 5.82 Å². The van der Waals surface area contributed by atoms with E-state index in [1.165, 1.54) is 11.3 Å². The van der Waals surface area contributed by atoms with Crippen molar-refractivity contribution in [3.05, 3.63) is 54.0 Å². The van der Waals surface area contributed by atoms with E-state index in [1.54, 1.807) is 0 Å². The van der Waals surface area contributed by atoms with Crippen molar-refractivity contribution >= 4 is 0 Å². The molecule has 0 radical (unpaired) electrons. The molecular weight excluding hydrogens is 314 g/mol. The molecule has 0 spiro atoms. The van der Waals surface area contributed by atoms with Crippen LogP contribution in [0.5, 0.6) is 5.75 Å². The fourth-order valence-electron chi connectivity index (χ4n) is 3.77. The summed E-state index contributed by atoms with van der Waals surface area (Å²) in [6, 6.07) is 10.7. The summed E-state index contributed by atoms with van der Waals surface area (Å²) in [6.07, 6.45) is 5.96. The number of hydrogen-bond donors (Lipinski definition) is 1. The van der Waals surface area contributed by atoms with Crippen LogP contribution in [0.3, 0.4) is 0 Å². The summed E-state index contributed by atoms with van der Waals surface area (Å²) in [5.41, 5.74) is 3.43. The maximum absolute atomic E-state index is 5.96. The zero-order valence-corrected chi connectivity index (χ0v) is 14.1. The smallest absolute Gasteiger partial charge is 0.160 e. The Bertz CT molecular complexity index is 873. The third-order valence-electron chi connectivity index (χ3n) is 5.04. The summed E-state index contributed by atoms with van der Waals surface area (Å²) in [5.74, 6) is 1.92. The number of para-hydroxylation sites is 1. The van der Waals surface area contributed by atoms with Crippen LogP contribution in [0.15, 0.2) is 42.7 Å². The van der Waals surface area contributed by atoms with Gasteiger partial charge in [0.2, 0.25) is 0 Å². The number of nitrogens with zero attached hydrogens (tertiary/aromatic N) is 4. The van der Waals surface area contributed by atoms with Crippen molar-refractivity contribution in [1.82, 2.24) is 24.6 Å². The lowest BCUT2D eigenvalue weighted by Gasteiger charge is -2.27. The van der Waals surface area contributed by atoms with Crippen LogP contribution >= 0.6 is 0 Å². The first-order valence-corrected chi connectivity index (χ1v) is 8.90. The fourth-order valence-corrected chi connectivity index (χ4v) is 3.77. The van der Waals surface area contributed by atoms with Gasteiger partial charge in [-0.2, -0.15) is 5.10 Å². The van der Waals surface area contributed by atoms with Crippen molar-refractivity contribution in [2.45, 2.75) is 32.0 Å². The maximum atomic E-state index is 5.96. The molecule has 0 unspecified atom stereocenters. The molecule has 2 aliphatic heterocycles. The molecule has 1 N–H and O–H groups in total. The number of fused-ring (bicyclic) bond motifs is 2. The highest BCUT2D eigenvalue weighted by atomic mass is 16.5. The number of nitrogens with one attached hydrogen (secondary N) is 1. The van der Waals surface area contributed by atoms with Gasteiger partial charge < -0.3 is 14.6 Å². The van der Waals surface area contributed by atoms with Crippen LogP contribution in [0.1, 0.15) is 23.7 Å². The van der Waals surface area contributed by atoms with Crippen molar-refractivity contribution in [2.24, 2.45) is 0 Å². The summed E-state index contributed by atoms with van der Waals surface area (Å²) in [6.45, 7) is 3.54. The average Bonchev–Trinajstić information content (AvgIpc) is 3.23. The van der Waals surface area contributed by atoms with E-state index in [9.17, 15) is 0 Å².